The average molecular weight is 496 g/mol. The predicted molar refractivity (Wildman–Crippen MR) is 124 cm³/mol. The second-order valence-electron chi connectivity index (χ2n) is 8.03. The van der Waals surface area contributed by atoms with Crippen molar-refractivity contribution in [3.05, 3.63) is 63.6 Å². The summed E-state index contributed by atoms with van der Waals surface area (Å²) in [4.78, 5) is 27.6. The van der Waals surface area contributed by atoms with Crippen LogP contribution in [-0.4, -0.2) is 34.9 Å². The van der Waals surface area contributed by atoms with Crippen LogP contribution in [0, 0.1) is 0 Å². The van der Waals surface area contributed by atoms with E-state index in [2.05, 4.69) is 21.2 Å². The molecule has 0 radical (unpaired) electrons. The fourth-order valence-corrected chi connectivity index (χ4v) is 3.70. The Labute approximate surface area is 191 Å². The molecule has 2 aromatic carbocycles. The van der Waals surface area contributed by atoms with Gasteiger partial charge in [0.15, 0.2) is 6.61 Å². The zero-order valence-electron chi connectivity index (χ0n) is 17.7. The molecule has 7 heteroatoms. The van der Waals surface area contributed by atoms with E-state index in [0.29, 0.717) is 23.7 Å². The highest BCUT2D eigenvalue weighted by atomic mass is 79.9. The number of halogens is 2. The van der Waals surface area contributed by atoms with Crippen molar-refractivity contribution in [2.45, 2.75) is 52.2 Å². The molecule has 0 saturated carbocycles. The second-order valence-corrected chi connectivity index (χ2v) is 9.36. The first-order chi connectivity index (χ1) is 14.1. The normalized spacial score (nSPS) is 12.2. The zero-order valence-corrected chi connectivity index (χ0v) is 20.1. The number of hydrogen-bond acceptors (Lipinski definition) is 3. The number of ether oxygens (including phenoxy) is 1. The number of carbonyl (C=O) groups is 2. The van der Waals surface area contributed by atoms with Crippen molar-refractivity contribution in [3.8, 4) is 5.75 Å². The Kier molecular flexibility index (Phi) is 8.74. The van der Waals surface area contributed by atoms with Gasteiger partial charge in [0, 0.05) is 16.6 Å². The summed E-state index contributed by atoms with van der Waals surface area (Å²) in [5, 5.41) is 3.39. The van der Waals surface area contributed by atoms with Crippen LogP contribution in [0.15, 0.2) is 53.0 Å². The Hall–Kier alpha value is -2.05. The van der Waals surface area contributed by atoms with Crippen LogP contribution in [0.5, 0.6) is 5.75 Å². The van der Waals surface area contributed by atoms with Crippen LogP contribution in [0.3, 0.4) is 0 Å². The Morgan fingerprint density at radius 3 is 2.40 bits per heavy atom. The van der Waals surface area contributed by atoms with Crippen molar-refractivity contribution in [1.82, 2.24) is 10.2 Å². The minimum atomic E-state index is -0.610. The fourth-order valence-electron chi connectivity index (χ4n) is 2.97. The first kappa shape index (κ1) is 24.2. The molecule has 30 heavy (non-hydrogen) atoms. The molecule has 2 rings (SSSR count). The molecule has 0 saturated heterocycles. The van der Waals surface area contributed by atoms with Gasteiger partial charge in [0.2, 0.25) is 5.91 Å². The van der Waals surface area contributed by atoms with Crippen molar-refractivity contribution in [1.29, 1.82) is 0 Å². The van der Waals surface area contributed by atoms with Crippen molar-refractivity contribution in [2.75, 3.05) is 6.61 Å². The predicted octanol–water partition coefficient (Wildman–Crippen LogP) is 5.20. The number of rotatable bonds is 8. The highest BCUT2D eigenvalue weighted by Gasteiger charge is 2.30. The van der Waals surface area contributed by atoms with Crippen LogP contribution < -0.4 is 10.1 Å². The minimum Gasteiger partial charge on any atom is -0.482 e. The van der Waals surface area contributed by atoms with E-state index >= 15 is 0 Å². The highest BCUT2D eigenvalue weighted by Crippen LogP contribution is 2.28. The summed E-state index contributed by atoms with van der Waals surface area (Å²) in [6.07, 6.45) is 0.486. The molecule has 0 aliphatic heterocycles. The molecule has 0 aliphatic rings. The molecule has 5 nitrogen and oxygen atoms in total. The molecule has 1 unspecified atom stereocenters. The highest BCUT2D eigenvalue weighted by molar-refractivity contribution is 9.10. The third-order valence-electron chi connectivity index (χ3n) is 4.32. The first-order valence-corrected chi connectivity index (χ1v) is 11.0. The van der Waals surface area contributed by atoms with E-state index in [1.165, 1.54) is 0 Å². The summed E-state index contributed by atoms with van der Waals surface area (Å²) < 4.78 is 6.49. The van der Waals surface area contributed by atoms with Gasteiger partial charge >= 0.3 is 0 Å². The molecule has 1 atom stereocenters. The van der Waals surface area contributed by atoms with Gasteiger partial charge in [-0.15, -0.1) is 0 Å². The maximum absolute atomic E-state index is 13.1. The summed E-state index contributed by atoms with van der Waals surface area (Å²) >= 11 is 9.54. The van der Waals surface area contributed by atoms with E-state index in [4.69, 9.17) is 16.3 Å². The molecule has 0 spiro atoms. The van der Waals surface area contributed by atoms with Gasteiger partial charge in [0.25, 0.3) is 5.91 Å². The molecule has 2 amide bonds. The molecular weight excluding hydrogens is 468 g/mol. The summed E-state index contributed by atoms with van der Waals surface area (Å²) in [7, 11) is 0. The van der Waals surface area contributed by atoms with Gasteiger partial charge in [-0.3, -0.25) is 9.59 Å². The monoisotopic (exact) mass is 494 g/mol. The fraction of sp³-hybridized carbons (Fsp3) is 0.391. The van der Waals surface area contributed by atoms with Gasteiger partial charge in [-0.25, -0.2) is 0 Å². The lowest BCUT2D eigenvalue weighted by Gasteiger charge is -2.33. The second kappa shape index (κ2) is 10.8. The van der Waals surface area contributed by atoms with Crippen molar-refractivity contribution in [3.63, 3.8) is 0 Å². The van der Waals surface area contributed by atoms with Crippen LogP contribution in [0.1, 0.15) is 39.7 Å². The lowest BCUT2D eigenvalue weighted by Crippen LogP contribution is -2.54. The largest absolute Gasteiger partial charge is 0.482 e. The number of benzene rings is 2. The van der Waals surface area contributed by atoms with E-state index < -0.39 is 11.6 Å². The molecule has 0 fully saturated rings. The maximum Gasteiger partial charge on any atom is 0.261 e. The minimum absolute atomic E-state index is 0.184. The Morgan fingerprint density at radius 2 is 1.83 bits per heavy atom. The molecule has 0 heterocycles. The first-order valence-electron chi connectivity index (χ1n) is 9.84. The van der Waals surface area contributed by atoms with E-state index in [0.717, 1.165) is 10.0 Å². The standard InChI is InChI=1S/C23H28BrClN2O3/c1-5-19(22(29)26-23(2,3)4)27(14-16-9-7-6-8-10-16)21(28)15-30-20-12-11-17(24)13-18(20)25/h6-13,19H,5,14-15H2,1-4H3,(H,26,29). The van der Waals surface area contributed by atoms with Gasteiger partial charge in [-0.05, 0) is 51.0 Å². The van der Waals surface area contributed by atoms with Gasteiger partial charge in [-0.2, -0.15) is 0 Å². The van der Waals surface area contributed by atoms with Crippen LogP contribution in [0.25, 0.3) is 0 Å². The van der Waals surface area contributed by atoms with Crippen molar-refractivity contribution >= 4 is 39.3 Å². The number of amides is 2. The van der Waals surface area contributed by atoms with E-state index in [1.807, 2.05) is 58.0 Å². The maximum atomic E-state index is 13.1. The summed E-state index contributed by atoms with van der Waals surface area (Å²) in [5.41, 5.74) is 0.544. The molecular formula is C23H28BrClN2O3. The van der Waals surface area contributed by atoms with Crippen LogP contribution >= 0.6 is 27.5 Å². The lowest BCUT2D eigenvalue weighted by atomic mass is 10.1. The van der Waals surface area contributed by atoms with Gasteiger partial charge in [0.05, 0.1) is 5.02 Å². The van der Waals surface area contributed by atoms with Gasteiger partial charge < -0.3 is 15.0 Å². The number of carbonyl (C=O) groups excluding carboxylic acids is 2. The van der Waals surface area contributed by atoms with Crippen LogP contribution in [-0.2, 0) is 16.1 Å². The van der Waals surface area contributed by atoms with Gasteiger partial charge in [-0.1, -0.05) is 64.8 Å². The summed E-state index contributed by atoms with van der Waals surface area (Å²) in [5.74, 6) is -0.0511. The molecule has 2 aromatic rings. The van der Waals surface area contributed by atoms with Crippen molar-refractivity contribution in [2.24, 2.45) is 0 Å². The summed E-state index contributed by atoms with van der Waals surface area (Å²) in [6, 6.07) is 14.2. The van der Waals surface area contributed by atoms with Crippen molar-refractivity contribution < 1.29 is 14.3 Å². The molecule has 0 aliphatic carbocycles. The number of nitrogens with one attached hydrogen (secondary N) is 1. The molecule has 162 valence electrons. The van der Waals surface area contributed by atoms with E-state index in [9.17, 15) is 9.59 Å². The third kappa shape index (κ3) is 7.33. The molecule has 0 bridgehead atoms. The van der Waals surface area contributed by atoms with Crippen LogP contribution in [0.2, 0.25) is 5.02 Å². The van der Waals surface area contributed by atoms with E-state index in [1.54, 1.807) is 23.1 Å². The molecule has 1 N–H and O–H groups in total. The SMILES string of the molecule is CCC(C(=O)NC(C)(C)C)N(Cc1ccccc1)C(=O)COc1ccc(Br)cc1Cl. The topological polar surface area (TPSA) is 58.6 Å². The summed E-state index contributed by atoms with van der Waals surface area (Å²) in [6.45, 7) is 7.74. The molecule has 0 aromatic heterocycles. The number of nitrogens with zero attached hydrogens (tertiary/aromatic N) is 1. The third-order valence-corrected chi connectivity index (χ3v) is 5.11. The Morgan fingerprint density at radius 1 is 1.17 bits per heavy atom. The smallest absolute Gasteiger partial charge is 0.261 e. The Bertz CT molecular complexity index is 868. The van der Waals surface area contributed by atoms with Crippen LogP contribution in [0.4, 0.5) is 0 Å². The Balaban J connectivity index is 2.22. The number of hydrogen-bond donors (Lipinski definition) is 1. The zero-order chi connectivity index (χ0) is 22.3. The lowest BCUT2D eigenvalue weighted by molar-refractivity contribution is -0.143. The quantitative estimate of drug-likeness (QED) is 0.547. The van der Waals surface area contributed by atoms with E-state index in [-0.39, 0.29) is 18.4 Å². The average Bonchev–Trinajstić information content (AvgIpc) is 2.66. The van der Waals surface area contributed by atoms with Gasteiger partial charge in [0.1, 0.15) is 11.8 Å².